The van der Waals surface area contributed by atoms with E-state index in [1.54, 1.807) is 30.9 Å². The second-order valence-corrected chi connectivity index (χ2v) is 7.78. The molecule has 1 aliphatic rings. The third-order valence-corrected chi connectivity index (χ3v) is 5.55. The summed E-state index contributed by atoms with van der Waals surface area (Å²) in [5.74, 6) is 1.13. The molecule has 1 N–H and O–H groups in total. The fourth-order valence-corrected chi connectivity index (χ4v) is 4.03. The molecule has 0 aromatic carbocycles. The van der Waals surface area contributed by atoms with Crippen LogP contribution in [0.4, 0.5) is 11.5 Å². The largest absolute Gasteiger partial charge is 0.355 e. The standard InChI is InChI=1S/C19H19Cl2N7O/c1-12-11-27(17-15(20)3-2-5-22-17)8-4-14(12)19(29)26-13-9-16(21)18(23-10-13)28-24-6-7-25-28/h2-3,5-7,9-10,12,14H,4,8,11H2,1H3,(H,26,29). The topological polar surface area (TPSA) is 88.8 Å². The normalized spacial score (nSPS) is 19.2. The lowest BCUT2D eigenvalue weighted by Crippen LogP contribution is -2.44. The number of carbonyl (C=O) groups excluding carboxylic acids is 1. The number of pyridine rings is 2. The lowest BCUT2D eigenvalue weighted by Gasteiger charge is -2.37. The zero-order chi connectivity index (χ0) is 20.4. The molecule has 0 spiro atoms. The maximum absolute atomic E-state index is 12.8. The summed E-state index contributed by atoms with van der Waals surface area (Å²) in [5, 5.41) is 11.9. The number of rotatable bonds is 4. The van der Waals surface area contributed by atoms with Crippen molar-refractivity contribution in [3.05, 3.63) is 53.0 Å². The molecule has 1 fully saturated rings. The number of piperidine rings is 1. The van der Waals surface area contributed by atoms with Gasteiger partial charge in [-0.15, -0.1) is 4.80 Å². The lowest BCUT2D eigenvalue weighted by atomic mass is 9.86. The average molecular weight is 432 g/mol. The van der Waals surface area contributed by atoms with Crippen molar-refractivity contribution in [2.24, 2.45) is 11.8 Å². The highest BCUT2D eigenvalue weighted by Crippen LogP contribution is 2.31. The molecular weight excluding hydrogens is 413 g/mol. The van der Waals surface area contributed by atoms with Gasteiger partial charge in [0.25, 0.3) is 0 Å². The van der Waals surface area contributed by atoms with Gasteiger partial charge in [0, 0.05) is 25.2 Å². The van der Waals surface area contributed by atoms with Crippen LogP contribution in [0.15, 0.2) is 43.0 Å². The molecule has 29 heavy (non-hydrogen) atoms. The number of hydrogen-bond donors (Lipinski definition) is 1. The predicted octanol–water partition coefficient (Wildman–Crippen LogP) is 3.47. The van der Waals surface area contributed by atoms with Gasteiger partial charge in [0.05, 0.1) is 34.3 Å². The Morgan fingerprint density at radius 2 is 1.93 bits per heavy atom. The molecule has 2 atom stereocenters. The number of carbonyl (C=O) groups is 1. The Labute approximate surface area is 177 Å². The van der Waals surface area contributed by atoms with Gasteiger partial charge in [-0.3, -0.25) is 4.79 Å². The Hall–Kier alpha value is -2.71. The van der Waals surface area contributed by atoms with Gasteiger partial charge in [0.15, 0.2) is 5.82 Å². The fourth-order valence-electron chi connectivity index (χ4n) is 3.54. The van der Waals surface area contributed by atoms with Crippen molar-refractivity contribution in [2.45, 2.75) is 13.3 Å². The molecule has 8 nitrogen and oxygen atoms in total. The molecule has 0 saturated carbocycles. The van der Waals surface area contributed by atoms with Crippen molar-refractivity contribution >= 4 is 40.6 Å². The number of aromatic nitrogens is 5. The van der Waals surface area contributed by atoms with Gasteiger partial charge in [0.2, 0.25) is 5.91 Å². The zero-order valence-corrected chi connectivity index (χ0v) is 17.2. The number of hydrogen-bond acceptors (Lipinski definition) is 6. The summed E-state index contributed by atoms with van der Waals surface area (Å²) in [6.45, 7) is 3.48. The molecule has 1 aliphatic heterocycles. The Kier molecular flexibility index (Phi) is 5.64. The van der Waals surface area contributed by atoms with Crippen LogP contribution in [0.1, 0.15) is 13.3 Å². The van der Waals surface area contributed by atoms with Gasteiger partial charge in [0.1, 0.15) is 5.82 Å². The zero-order valence-electron chi connectivity index (χ0n) is 15.7. The summed E-state index contributed by atoms with van der Waals surface area (Å²) in [7, 11) is 0. The summed E-state index contributed by atoms with van der Waals surface area (Å²) in [4.78, 5) is 24.9. The van der Waals surface area contributed by atoms with Crippen LogP contribution in [0.5, 0.6) is 0 Å². The van der Waals surface area contributed by atoms with Crippen molar-refractivity contribution in [3.63, 3.8) is 0 Å². The maximum Gasteiger partial charge on any atom is 0.227 e. The number of amides is 1. The van der Waals surface area contributed by atoms with Crippen molar-refractivity contribution in [2.75, 3.05) is 23.3 Å². The first-order valence-electron chi connectivity index (χ1n) is 9.21. The summed E-state index contributed by atoms with van der Waals surface area (Å²) in [6, 6.07) is 5.29. The Balaban J connectivity index is 1.42. The molecule has 3 aromatic rings. The summed E-state index contributed by atoms with van der Waals surface area (Å²) in [6.07, 6.45) is 7.06. The second kappa shape index (κ2) is 8.34. The molecule has 1 amide bonds. The van der Waals surface area contributed by atoms with E-state index < -0.39 is 0 Å². The van der Waals surface area contributed by atoms with Crippen molar-refractivity contribution in [1.82, 2.24) is 25.0 Å². The fraction of sp³-hybridized carbons (Fsp3) is 0.316. The molecule has 1 saturated heterocycles. The van der Waals surface area contributed by atoms with Crippen LogP contribution in [0.25, 0.3) is 5.82 Å². The second-order valence-electron chi connectivity index (χ2n) is 6.96. The average Bonchev–Trinajstić information content (AvgIpc) is 3.23. The van der Waals surface area contributed by atoms with Crippen LogP contribution in [-0.2, 0) is 4.79 Å². The van der Waals surface area contributed by atoms with Gasteiger partial charge in [-0.25, -0.2) is 9.97 Å². The van der Waals surface area contributed by atoms with E-state index >= 15 is 0 Å². The number of nitrogens with one attached hydrogen (secondary N) is 1. The van der Waals surface area contributed by atoms with Crippen LogP contribution in [0.3, 0.4) is 0 Å². The Morgan fingerprint density at radius 1 is 1.14 bits per heavy atom. The van der Waals surface area contributed by atoms with Gasteiger partial charge in [-0.1, -0.05) is 30.1 Å². The van der Waals surface area contributed by atoms with E-state index in [0.717, 1.165) is 5.82 Å². The van der Waals surface area contributed by atoms with Gasteiger partial charge in [-0.2, -0.15) is 10.2 Å². The summed E-state index contributed by atoms with van der Waals surface area (Å²) < 4.78 is 0. The lowest BCUT2D eigenvalue weighted by molar-refractivity contribution is -0.121. The summed E-state index contributed by atoms with van der Waals surface area (Å²) >= 11 is 12.5. The highest BCUT2D eigenvalue weighted by molar-refractivity contribution is 6.33. The molecular formula is C19H19Cl2N7O. The van der Waals surface area contributed by atoms with E-state index in [4.69, 9.17) is 23.2 Å². The van der Waals surface area contributed by atoms with Crippen molar-refractivity contribution < 1.29 is 4.79 Å². The first kappa shape index (κ1) is 19.6. The molecule has 0 aliphatic carbocycles. The summed E-state index contributed by atoms with van der Waals surface area (Å²) in [5.41, 5.74) is 0.540. The van der Waals surface area contributed by atoms with Gasteiger partial charge >= 0.3 is 0 Å². The van der Waals surface area contributed by atoms with E-state index in [1.807, 2.05) is 12.1 Å². The molecule has 150 valence electrons. The van der Waals surface area contributed by atoms with Crippen LogP contribution in [0.2, 0.25) is 10.0 Å². The first-order valence-corrected chi connectivity index (χ1v) is 9.97. The van der Waals surface area contributed by atoms with Crippen LogP contribution in [0, 0.1) is 11.8 Å². The Morgan fingerprint density at radius 3 is 2.62 bits per heavy atom. The predicted molar refractivity (Wildman–Crippen MR) is 112 cm³/mol. The van der Waals surface area contributed by atoms with Crippen molar-refractivity contribution in [3.8, 4) is 5.82 Å². The van der Waals surface area contributed by atoms with E-state index in [-0.39, 0.29) is 17.7 Å². The third-order valence-electron chi connectivity index (χ3n) is 4.98. The highest BCUT2D eigenvalue weighted by Gasteiger charge is 2.32. The Bertz CT molecular complexity index is 1010. The highest BCUT2D eigenvalue weighted by atomic mass is 35.5. The molecule has 3 aromatic heterocycles. The van der Waals surface area contributed by atoms with E-state index in [1.165, 1.54) is 4.80 Å². The maximum atomic E-state index is 12.8. The molecule has 4 heterocycles. The number of nitrogens with zero attached hydrogens (tertiary/aromatic N) is 6. The number of anilines is 2. The first-order chi connectivity index (χ1) is 14.0. The minimum Gasteiger partial charge on any atom is -0.355 e. The van der Waals surface area contributed by atoms with E-state index in [0.29, 0.717) is 41.1 Å². The number of halogens is 2. The van der Waals surface area contributed by atoms with Crippen LogP contribution in [-0.4, -0.2) is 44.0 Å². The smallest absolute Gasteiger partial charge is 0.227 e. The molecule has 10 heteroatoms. The van der Waals surface area contributed by atoms with Crippen LogP contribution >= 0.6 is 23.2 Å². The quantitative estimate of drug-likeness (QED) is 0.679. The van der Waals surface area contributed by atoms with Gasteiger partial charge < -0.3 is 10.2 Å². The van der Waals surface area contributed by atoms with E-state index in [2.05, 4.69) is 37.3 Å². The third kappa shape index (κ3) is 4.18. The minimum absolute atomic E-state index is 0.0490. The minimum atomic E-state index is -0.125. The van der Waals surface area contributed by atoms with Crippen molar-refractivity contribution in [1.29, 1.82) is 0 Å². The SMILES string of the molecule is CC1CN(c2ncccc2Cl)CCC1C(=O)Nc1cnc(-n2nccn2)c(Cl)c1. The molecule has 0 bridgehead atoms. The van der Waals surface area contributed by atoms with E-state index in [9.17, 15) is 4.79 Å². The van der Waals surface area contributed by atoms with Gasteiger partial charge in [-0.05, 0) is 30.5 Å². The molecule has 4 rings (SSSR count). The monoisotopic (exact) mass is 431 g/mol. The molecule has 2 unspecified atom stereocenters. The van der Waals surface area contributed by atoms with Crippen LogP contribution < -0.4 is 10.2 Å². The molecule has 0 radical (unpaired) electrons.